The Morgan fingerprint density at radius 2 is 2.06 bits per heavy atom. The highest BCUT2D eigenvalue weighted by atomic mass is 16.5. The first-order chi connectivity index (χ1) is 8.70. The third kappa shape index (κ3) is 2.66. The van der Waals surface area contributed by atoms with Crippen molar-refractivity contribution in [2.24, 2.45) is 0 Å². The standard InChI is InChI=1S/C14H13NO3/c1-18-13-5-3-2-4-10(13)8-12-7-6-11(9-15-12)14(16)17/h2-7,9H,8H2,1H3,(H,16,17). The fraction of sp³-hybridized carbons (Fsp3) is 0.143. The molecule has 1 aromatic carbocycles. The van der Waals surface area contributed by atoms with Gasteiger partial charge in [0.25, 0.3) is 0 Å². The maximum Gasteiger partial charge on any atom is 0.337 e. The molecule has 92 valence electrons. The molecule has 0 aliphatic rings. The Morgan fingerprint density at radius 1 is 1.28 bits per heavy atom. The highest BCUT2D eigenvalue weighted by Gasteiger charge is 2.06. The summed E-state index contributed by atoms with van der Waals surface area (Å²) in [5.74, 6) is -0.159. The molecule has 0 saturated heterocycles. The van der Waals surface area contributed by atoms with E-state index in [9.17, 15) is 4.79 Å². The van der Waals surface area contributed by atoms with Gasteiger partial charge in [0.15, 0.2) is 0 Å². The molecule has 0 radical (unpaired) electrons. The van der Waals surface area contributed by atoms with Crippen LogP contribution in [0, 0.1) is 0 Å². The number of nitrogens with zero attached hydrogens (tertiary/aromatic N) is 1. The molecule has 0 amide bonds. The smallest absolute Gasteiger partial charge is 0.337 e. The van der Waals surface area contributed by atoms with Crippen molar-refractivity contribution in [3.8, 4) is 5.75 Å². The Labute approximate surface area is 105 Å². The highest BCUT2D eigenvalue weighted by molar-refractivity contribution is 5.87. The molecule has 4 nitrogen and oxygen atoms in total. The van der Waals surface area contributed by atoms with E-state index in [1.54, 1.807) is 19.2 Å². The van der Waals surface area contributed by atoms with Gasteiger partial charge in [0.2, 0.25) is 0 Å². The van der Waals surface area contributed by atoms with Crippen molar-refractivity contribution in [3.05, 3.63) is 59.4 Å². The molecule has 1 N–H and O–H groups in total. The maximum absolute atomic E-state index is 10.7. The molecule has 2 aromatic rings. The van der Waals surface area contributed by atoms with Crippen molar-refractivity contribution in [1.29, 1.82) is 0 Å². The number of methoxy groups -OCH3 is 1. The van der Waals surface area contributed by atoms with E-state index in [1.165, 1.54) is 6.20 Å². The fourth-order valence-electron chi connectivity index (χ4n) is 1.70. The number of carboxylic acid groups (broad SMARTS) is 1. The van der Waals surface area contributed by atoms with Crippen LogP contribution in [0.25, 0.3) is 0 Å². The van der Waals surface area contributed by atoms with Crippen LogP contribution in [0.1, 0.15) is 21.6 Å². The van der Waals surface area contributed by atoms with Crippen LogP contribution in [0.3, 0.4) is 0 Å². The highest BCUT2D eigenvalue weighted by Crippen LogP contribution is 2.20. The minimum absolute atomic E-state index is 0.193. The molecule has 0 aliphatic carbocycles. The van der Waals surface area contributed by atoms with Crippen molar-refractivity contribution in [3.63, 3.8) is 0 Å². The van der Waals surface area contributed by atoms with E-state index in [1.807, 2.05) is 24.3 Å². The van der Waals surface area contributed by atoms with Crippen LogP contribution < -0.4 is 4.74 Å². The molecule has 1 heterocycles. The summed E-state index contributed by atoms with van der Waals surface area (Å²) in [6.07, 6.45) is 1.98. The van der Waals surface area contributed by atoms with Gasteiger partial charge >= 0.3 is 5.97 Å². The van der Waals surface area contributed by atoms with Crippen molar-refractivity contribution in [1.82, 2.24) is 4.98 Å². The van der Waals surface area contributed by atoms with Gasteiger partial charge in [0, 0.05) is 23.9 Å². The van der Waals surface area contributed by atoms with Crippen molar-refractivity contribution in [2.75, 3.05) is 7.11 Å². The molecule has 0 fully saturated rings. The number of aromatic carboxylic acids is 1. The number of ether oxygens (including phenoxy) is 1. The van der Waals surface area contributed by atoms with E-state index in [2.05, 4.69) is 4.98 Å². The number of pyridine rings is 1. The molecule has 0 saturated carbocycles. The molecule has 0 unspecified atom stereocenters. The normalized spacial score (nSPS) is 10.1. The molecule has 0 atom stereocenters. The van der Waals surface area contributed by atoms with Crippen molar-refractivity contribution in [2.45, 2.75) is 6.42 Å². The molecule has 0 aliphatic heterocycles. The summed E-state index contributed by atoms with van der Waals surface area (Å²) in [6.45, 7) is 0. The number of aromatic nitrogens is 1. The van der Waals surface area contributed by atoms with Gasteiger partial charge in [-0.3, -0.25) is 4.98 Å². The number of carboxylic acids is 1. The molecule has 4 heteroatoms. The molecule has 1 aromatic heterocycles. The Balaban J connectivity index is 2.21. The summed E-state index contributed by atoms with van der Waals surface area (Å²) >= 11 is 0. The Kier molecular flexibility index (Phi) is 3.57. The molecule has 0 spiro atoms. The van der Waals surface area contributed by atoms with Crippen molar-refractivity contribution >= 4 is 5.97 Å². The predicted octanol–water partition coefficient (Wildman–Crippen LogP) is 2.38. The van der Waals surface area contributed by atoms with E-state index in [-0.39, 0.29) is 5.56 Å². The van der Waals surface area contributed by atoms with Gasteiger partial charge in [-0.1, -0.05) is 18.2 Å². The van der Waals surface area contributed by atoms with E-state index in [0.29, 0.717) is 6.42 Å². The lowest BCUT2D eigenvalue weighted by Gasteiger charge is -2.07. The largest absolute Gasteiger partial charge is 0.496 e. The SMILES string of the molecule is COc1ccccc1Cc1ccc(C(=O)O)cn1. The third-order valence-electron chi connectivity index (χ3n) is 2.64. The van der Waals surface area contributed by atoms with Gasteiger partial charge in [0.05, 0.1) is 12.7 Å². The lowest BCUT2D eigenvalue weighted by molar-refractivity contribution is 0.0696. The minimum atomic E-state index is -0.966. The number of hydrogen-bond acceptors (Lipinski definition) is 3. The maximum atomic E-state index is 10.7. The topological polar surface area (TPSA) is 59.4 Å². The zero-order chi connectivity index (χ0) is 13.0. The van der Waals surface area contributed by atoms with Crippen LogP contribution in [0.4, 0.5) is 0 Å². The summed E-state index contributed by atoms with van der Waals surface area (Å²) in [5, 5.41) is 8.79. The van der Waals surface area contributed by atoms with E-state index in [4.69, 9.17) is 9.84 Å². The van der Waals surface area contributed by atoms with E-state index >= 15 is 0 Å². The van der Waals surface area contributed by atoms with Gasteiger partial charge < -0.3 is 9.84 Å². The van der Waals surface area contributed by atoms with Crippen LogP contribution in [0.5, 0.6) is 5.75 Å². The first-order valence-electron chi connectivity index (χ1n) is 5.51. The number of carbonyl (C=O) groups is 1. The first kappa shape index (κ1) is 12.1. The van der Waals surface area contributed by atoms with E-state index in [0.717, 1.165) is 17.0 Å². The minimum Gasteiger partial charge on any atom is -0.496 e. The van der Waals surface area contributed by atoms with Gasteiger partial charge in [-0.2, -0.15) is 0 Å². The predicted molar refractivity (Wildman–Crippen MR) is 67.0 cm³/mol. The van der Waals surface area contributed by atoms with Crippen LogP contribution in [-0.4, -0.2) is 23.2 Å². The second-order valence-corrected chi connectivity index (χ2v) is 3.83. The summed E-state index contributed by atoms with van der Waals surface area (Å²) < 4.78 is 5.26. The summed E-state index contributed by atoms with van der Waals surface area (Å²) in [7, 11) is 1.62. The number of rotatable bonds is 4. The quantitative estimate of drug-likeness (QED) is 0.895. The zero-order valence-corrected chi connectivity index (χ0v) is 9.96. The Bertz CT molecular complexity index is 549. The summed E-state index contributed by atoms with van der Waals surface area (Å²) in [6, 6.07) is 11.0. The molecule has 0 bridgehead atoms. The number of benzene rings is 1. The van der Waals surface area contributed by atoms with Gasteiger partial charge in [-0.05, 0) is 18.2 Å². The van der Waals surface area contributed by atoms with Crippen LogP contribution in [-0.2, 0) is 6.42 Å². The second-order valence-electron chi connectivity index (χ2n) is 3.83. The van der Waals surface area contributed by atoms with Gasteiger partial charge in [0.1, 0.15) is 5.75 Å². The Morgan fingerprint density at radius 3 is 2.67 bits per heavy atom. The average Bonchev–Trinajstić information content (AvgIpc) is 2.40. The van der Waals surface area contributed by atoms with Crippen LogP contribution in [0.15, 0.2) is 42.6 Å². The van der Waals surface area contributed by atoms with Crippen LogP contribution in [0.2, 0.25) is 0 Å². The van der Waals surface area contributed by atoms with Gasteiger partial charge in [-0.25, -0.2) is 4.79 Å². The summed E-state index contributed by atoms with van der Waals surface area (Å²) in [4.78, 5) is 14.8. The lowest BCUT2D eigenvalue weighted by Crippen LogP contribution is -2.00. The van der Waals surface area contributed by atoms with Crippen LogP contribution >= 0.6 is 0 Å². The Hall–Kier alpha value is -2.36. The molecular formula is C14H13NO3. The molecule has 18 heavy (non-hydrogen) atoms. The zero-order valence-electron chi connectivity index (χ0n) is 9.96. The number of hydrogen-bond donors (Lipinski definition) is 1. The third-order valence-corrected chi connectivity index (χ3v) is 2.64. The second kappa shape index (κ2) is 5.31. The monoisotopic (exact) mass is 243 g/mol. The summed E-state index contributed by atoms with van der Waals surface area (Å²) in [5.41, 5.74) is 2.03. The lowest BCUT2D eigenvalue weighted by atomic mass is 10.1. The average molecular weight is 243 g/mol. The van der Waals surface area contributed by atoms with Gasteiger partial charge in [-0.15, -0.1) is 0 Å². The van der Waals surface area contributed by atoms with Crippen molar-refractivity contribution < 1.29 is 14.6 Å². The number of para-hydroxylation sites is 1. The first-order valence-corrected chi connectivity index (χ1v) is 5.51. The molecular weight excluding hydrogens is 230 g/mol. The molecule has 2 rings (SSSR count). The van der Waals surface area contributed by atoms with E-state index < -0.39 is 5.97 Å². The fourth-order valence-corrected chi connectivity index (χ4v) is 1.70.